The standard InChI is InChI=1S/C22H14Cl3N3O4/c23-15-6-2-1-4-12(15)8-27-9-14(13-5-3-7-18(29)20(13)27)21(30)22(31)26-19-16(24)10-28(32)11-17(19)25/h1-7,9-11,29,32H,8H2. The summed E-state index contributed by atoms with van der Waals surface area (Å²) in [7, 11) is 0. The number of aromatic hydroxyl groups is 1. The number of nitrogens with zero attached hydrogens (tertiary/aromatic N) is 3. The Bertz CT molecular complexity index is 1430. The number of amides is 1. The van der Waals surface area contributed by atoms with Crippen molar-refractivity contribution in [1.29, 1.82) is 0 Å². The van der Waals surface area contributed by atoms with E-state index in [0.29, 0.717) is 20.7 Å². The van der Waals surface area contributed by atoms with E-state index < -0.39 is 11.7 Å². The first-order valence-corrected chi connectivity index (χ1v) is 10.3. The number of phenolic OH excluding ortho intramolecular Hbond substituents is 1. The van der Waals surface area contributed by atoms with Crippen molar-refractivity contribution >= 4 is 57.4 Å². The Hall–Kier alpha value is -3.26. The molecular formula is C22H14Cl3N3O4. The minimum absolute atomic E-state index is 0.0529. The zero-order chi connectivity index (χ0) is 23.0. The zero-order valence-corrected chi connectivity index (χ0v) is 18.4. The van der Waals surface area contributed by atoms with Crippen LogP contribution in [-0.2, 0) is 11.3 Å². The smallest absolute Gasteiger partial charge is 0.318 e. The quantitative estimate of drug-likeness (QED) is 0.246. The number of ketones is 1. The van der Waals surface area contributed by atoms with Crippen LogP contribution in [0.2, 0.25) is 15.1 Å². The van der Waals surface area contributed by atoms with Crippen molar-refractivity contribution < 1.29 is 19.9 Å². The highest BCUT2D eigenvalue weighted by Crippen LogP contribution is 2.31. The van der Waals surface area contributed by atoms with Crippen molar-refractivity contribution in [1.82, 2.24) is 9.30 Å². The molecule has 0 spiro atoms. The lowest BCUT2D eigenvalue weighted by Crippen LogP contribution is -2.18. The molecule has 2 heterocycles. The van der Waals surface area contributed by atoms with Gasteiger partial charge in [-0.1, -0.05) is 65.1 Å². The fourth-order valence-corrected chi connectivity index (χ4v) is 4.07. The van der Waals surface area contributed by atoms with Gasteiger partial charge in [-0.05, 0) is 17.7 Å². The van der Waals surface area contributed by atoms with Crippen molar-refractivity contribution in [3.63, 3.8) is 0 Å². The summed E-state index contributed by atoms with van der Waals surface area (Å²) in [5.41, 5.74) is 1.20. The maximum absolute atomic E-state index is 13.0. The summed E-state index contributed by atoms with van der Waals surface area (Å²) in [6, 6.07) is 11.9. The lowest BCUT2D eigenvalue weighted by Gasteiger charge is -2.08. The Labute approximate surface area is 196 Å². The second-order valence-electron chi connectivity index (χ2n) is 6.86. The molecule has 0 fully saturated rings. The number of carbonyl (C=O) groups is 2. The molecule has 2 aromatic heterocycles. The van der Waals surface area contributed by atoms with E-state index in [9.17, 15) is 19.9 Å². The summed E-state index contributed by atoms with van der Waals surface area (Å²) in [5.74, 6) is -2.07. The number of hydrogen-bond donors (Lipinski definition) is 2. The SMILES string of the molecule is O=C(N=c1c(Cl)cn(O)cc1Cl)C(=O)c1cn(Cc2ccccc2Cl)c2c(O)cccc12. The molecule has 2 aromatic carbocycles. The van der Waals surface area contributed by atoms with Crippen LogP contribution in [0.4, 0.5) is 0 Å². The number of fused-ring (bicyclic) bond motifs is 1. The lowest BCUT2D eigenvalue weighted by molar-refractivity contribution is -0.114. The number of Topliss-reactive ketones (excluding diaryl/α,β-unsaturated/α-hetero) is 1. The van der Waals surface area contributed by atoms with Gasteiger partial charge in [-0.2, -0.15) is 4.73 Å². The van der Waals surface area contributed by atoms with Gasteiger partial charge in [0.25, 0.3) is 5.78 Å². The van der Waals surface area contributed by atoms with E-state index in [0.717, 1.165) is 18.0 Å². The third-order valence-electron chi connectivity index (χ3n) is 4.77. The Balaban J connectivity index is 1.81. The van der Waals surface area contributed by atoms with Gasteiger partial charge >= 0.3 is 5.91 Å². The van der Waals surface area contributed by atoms with Crippen molar-refractivity contribution in [2.75, 3.05) is 0 Å². The van der Waals surface area contributed by atoms with Crippen LogP contribution in [0.25, 0.3) is 10.9 Å². The number of benzene rings is 2. The Morgan fingerprint density at radius 2 is 1.59 bits per heavy atom. The molecule has 4 rings (SSSR count). The Morgan fingerprint density at radius 1 is 0.906 bits per heavy atom. The number of hydrogen-bond acceptors (Lipinski definition) is 4. The third kappa shape index (κ3) is 4.10. The van der Waals surface area contributed by atoms with Crippen molar-refractivity contribution in [3.05, 3.63) is 92.6 Å². The molecule has 0 saturated carbocycles. The highest BCUT2D eigenvalue weighted by molar-refractivity contribution is 6.45. The topological polar surface area (TPSA) is 96.8 Å². The van der Waals surface area contributed by atoms with Crippen molar-refractivity contribution in [2.24, 2.45) is 4.99 Å². The van der Waals surface area contributed by atoms with E-state index in [4.69, 9.17) is 34.8 Å². The second kappa shape index (κ2) is 8.70. The first-order chi connectivity index (χ1) is 15.3. The molecule has 0 unspecified atom stereocenters. The van der Waals surface area contributed by atoms with Crippen LogP contribution < -0.4 is 5.36 Å². The number of phenols is 1. The minimum atomic E-state index is -1.11. The molecule has 0 aliphatic rings. The Morgan fingerprint density at radius 3 is 2.28 bits per heavy atom. The maximum atomic E-state index is 13.0. The maximum Gasteiger partial charge on any atom is 0.318 e. The van der Waals surface area contributed by atoms with Gasteiger partial charge in [0.1, 0.15) is 11.1 Å². The van der Waals surface area contributed by atoms with E-state index in [1.54, 1.807) is 28.8 Å². The van der Waals surface area contributed by atoms with E-state index in [2.05, 4.69) is 4.99 Å². The van der Waals surface area contributed by atoms with Gasteiger partial charge < -0.3 is 14.9 Å². The van der Waals surface area contributed by atoms with Crippen LogP contribution in [0.1, 0.15) is 15.9 Å². The third-order valence-corrected chi connectivity index (χ3v) is 5.69. The summed E-state index contributed by atoms with van der Waals surface area (Å²) in [5, 5.41) is 20.4. The normalized spacial score (nSPS) is 11.0. The van der Waals surface area contributed by atoms with E-state index in [1.165, 1.54) is 12.3 Å². The fourth-order valence-electron chi connectivity index (χ4n) is 3.34. The molecule has 1 amide bonds. The zero-order valence-electron chi connectivity index (χ0n) is 16.2. The molecule has 7 nitrogen and oxygen atoms in total. The van der Waals surface area contributed by atoms with Gasteiger partial charge in [-0.15, -0.1) is 0 Å². The molecule has 0 aliphatic heterocycles. The number of rotatable bonds is 4. The molecule has 0 saturated heterocycles. The molecule has 0 radical (unpaired) electrons. The van der Waals surface area contributed by atoms with Crippen molar-refractivity contribution in [3.8, 4) is 5.75 Å². The average molecular weight is 491 g/mol. The largest absolute Gasteiger partial charge is 0.506 e. The molecule has 2 N–H and O–H groups in total. The number of aromatic nitrogens is 2. The predicted octanol–water partition coefficient (Wildman–Crippen LogP) is 4.70. The molecule has 162 valence electrons. The van der Waals surface area contributed by atoms with Crippen LogP contribution in [0.3, 0.4) is 0 Å². The van der Waals surface area contributed by atoms with Gasteiger partial charge in [0.05, 0.1) is 33.5 Å². The molecule has 10 heteroatoms. The molecule has 0 aliphatic carbocycles. The second-order valence-corrected chi connectivity index (χ2v) is 8.09. The highest BCUT2D eigenvalue weighted by atomic mass is 35.5. The predicted molar refractivity (Wildman–Crippen MR) is 121 cm³/mol. The Kier molecular flexibility index (Phi) is 5.97. The number of pyridine rings is 1. The number of carbonyl (C=O) groups excluding carboxylic acids is 2. The van der Waals surface area contributed by atoms with Crippen LogP contribution in [-0.4, -0.2) is 31.3 Å². The first kappa shape index (κ1) is 22.0. The number of para-hydroxylation sites is 1. The van der Waals surface area contributed by atoms with E-state index in [1.807, 2.05) is 12.1 Å². The summed E-state index contributed by atoms with van der Waals surface area (Å²) >= 11 is 18.2. The minimum Gasteiger partial charge on any atom is -0.506 e. The molecular weight excluding hydrogens is 477 g/mol. The molecule has 4 aromatic rings. The molecule has 32 heavy (non-hydrogen) atoms. The summed E-state index contributed by atoms with van der Waals surface area (Å²) < 4.78 is 2.25. The lowest BCUT2D eigenvalue weighted by atomic mass is 10.1. The summed E-state index contributed by atoms with van der Waals surface area (Å²) in [6.45, 7) is 0.263. The molecule has 0 bridgehead atoms. The fraction of sp³-hybridized carbons (Fsp3) is 0.0455. The first-order valence-electron chi connectivity index (χ1n) is 9.20. The monoisotopic (exact) mass is 489 g/mol. The summed E-state index contributed by atoms with van der Waals surface area (Å²) in [4.78, 5) is 29.4. The average Bonchev–Trinajstić information content (AvgIpc) is 3.11. The van der Waals surface area contributed by atoms with Gasteiger partial charge in [0, 0.05) is 23.2 Å². The van der Waals surface area contributed by atoms with Crippen LogP contribution in [0.5, 0.6) is 5.75 Å². The van der Waals surface area contributed by atoms with Crippen LogP contribution >= 0.6 is 34.8 Å². The van der Waals surface area contributed by atoms with Crippen molar-refractivity contribution in [2.45, 2.75) is 6.54 Å². The summed E-state index contributed by atoms with van der Waals surface area (Å²) in [6.07, 6.45) is 3.63. The van der Waals surface area contributed by atoms with E-state index in [-0.39, 0.29) is 33.3 Å². The van der Waals surface area contributed by atoms with Gasteiger partial charge in [-0.25, -0.2) is 4.99 Å². The van der Waals surface area contributed by atoms with Gasteiger partial charge in [0.15, 0.2) is 0 Å². The molecule has 0 atom stereocenters. The van der Waals surface area contributed by atoms with Crippen LogP contribution in [0.15, 0.2) is 66.0 Å². The van der Waals surface area contributed by atoms with Gasteiger partial charge in [0.2, 0.25) is 0 Å². The van der Waals surface area contributed by atoms with Gasteiger partial charge in [-0.3, -0.25) is 9.59 Å². The van der Waals surface area contributed by atoms with Crippen LogP contribution in [0, 0.1) is 0 Å². The highest BCUT2D eigenvalue weighted by Gasteiger charge is 2.23. The van der Waals surface area contributed by atoms with E-state index >= 15 is 0 Å². The number of halogens is 3.